The average Bonchev–Trinajstić information content (AvgIpc) is 2.55. The van der Waals surface area contributed by atoms with Crippen molar-refractivity contribution in [1.82, 2.24) is 0 Å². The maximum Gasteiger partial charge on any atom is 0.243 e. The van der Waals surface area contributed by atoms with Gasteiger partial charge < -0.3 is 20.5 Å². The highest BCUT2D eigenvalue weighted by molar-refractivity contribution is 5.93. The smallest absolute Gasteiger partial charge is 0.243 e. The highest BCUT2D eigenvalue weighted by Gasteiger charge is 2.09. The van der Waals surface area contributed by atoms with Crippen molar-refractivity contribution in [2.45, 2.75) is 0 Å². The van der Waals surface area contributed by atoms with Gasteiger partial charge in [0, 0.05) is 17.8 Å². The first-order valence-electron chi connectivity index (χ1n) is 7.01. The molecule has 0 aliphatic carbocycles. The molecule has 0 saturated heterocycles. The molecule has 0 atom stereocenters. The van der Waals surface area contributed by atoms with Gasteiger partial charge in [-0.05, 0) is 24.3 Å². The molecule has 0 aromatic heterocycles. The van der Waals surface area contributed by atoms with Gasteiger partial charge in [0.15, 0.2) is 11.6 Å². The highest BCUT2D eigenvalue weighted by atomic mass is 19.2. The molecular weight excluding hydrogens is 325 g/mol. The zero-order valence-corrected chi connectivity index (χ0v) is 12.5. The summed E-state index contributed by atoms with van der Waals surface area (Å²) in [5.41, 5.74) is 0.460. The summed E-state index contributed by atoms with van der Waals surface area (Å²) in [7, 11) is 0. The second kappa shape index (κ2) is 8.21. The third kappa shape index (κ3) is 4.88. The molecular formula is C16H15F3N2O3. The fourth-order valence-corrected chi connectivity index (χ4v) is 1.87. The van der Waals surface area contributed by atoms with Crippen molar-refractivity contribution in [3.8, 4) is 5.75 Å². The van der Waals surface area contributed by atoms with E-state index in [9.17, 15) is 18.0 Å². The van der Waals surface area contributed by atoms with Crippen LogP contribution in [0.5, 0.6) is 5.75 Å². The largest absolute Gasteiger partial charge is 0.489 e. The molecule has 0 radical (unpaired) electrons. The molecule has 8 heteroatoms. The first-order valence-corrected chi connectivity index (χ1v) is 7.01. The lowest BCUT2D eigenvalue weighted by Gasteiger charge is -2.13. The van der Waals surface area contributed by atoms with E-state index in [-0.39, 0.29) is 31.2 Å². The number of halogens is 3. The van der Waals surface area contributed by atoms with E-state index in [4.69, 9.17) is 9.84 Å². The Morgan fingerprint density at radius 2 is 1.88 bits per heavy atom. The number of amides is 1. The molecule has 2 aromatic rings. The van der Waals surface area contributed by atoms with Crippen LogP contribution in [0, 0.1) is 17.5 Å². The summed E-state index contributed by atoms with van der Waals surface area (Å²) in [6.45, 7) is -0.480. The fraction of sp³-hybridized carbons (Fsp3) is 0.188. The van der Waals surface area contributed by atoms with Crippen molar-refractivity contribution < 1.29 is 27.8 Å². The zero-order valence-electron chi connectivity index (χ0n) is 12.5. The number of benzene rings is 2. The van der Waals surface area contributed by atoms with Crippen LogP contribution in [0.2, 0.25) is 0 Å². The van der Waals surface area contributed by atoms with Gasteiger partial charge in [-0.3, -0.25) is 4.79 Å². The number of aliphatic hydroxyl groups excluding tert-OH is 1. The minimum atomic E-state index is -1.07. The van der Waals surface area contributed by atoms with E-state index in [1.165, 1.54) is 18.2 Å². The minimum Gasteiger partial charge on any atom is -0.489 e. The molecule has 0 heterocycles. The van der Waals surface area contributed by atoms with E-state index < -0.39 is 23.4 Å². The number of anilines is 2. The SMILES string of the molecule is O=C(CNc1ccc(F)cc1OCCO)Nc1ccc(F)c(F)c1. The summed E-state index contributed by atoms with van der Waals surface area (Å²) in [6.07, 6.45) is 0. The monoisotopic (exact) mass is 340 g/mol. The molecule has 0 aliphatic heterocycles. The van der Waals surface area contributed by atoms with Crippen molar-refractivity contribution in [3.05, 3.63) is 53.8 Å². The number of carbonyl (C=O) groups excluding carboxylic acids is 1. The predicted octanol–water partition coefficient (Wildman–Crippen LogP) is 2.53. The fourth-order valence-electron chi connectivity index (χ4n) is 1.87. The molecule has 0 unspecified atom stereocenters. The van der Waals surface area contributed by atoms with Gasteiger partial charge in [-0.1, -0.05) is 0 Å². The van der Waals surface area contributed by atoms with Gasteiger partial charge in [-0.25, -0.2) is 13.2 Å². The minimum absolute atomic E-state index is 0.0286. The van der Waals surface area contributed by atoms with Crippen LogP contribution in [-0.2, 0) is 4.79 Å². The molecule has 3 N–H and O–H groups in total. The molecule has 0 spiro atoms. The van der Waals surface area contributed by atoms with Crippen LogP contribution in [0.4, 0.5) is 24.5 Å². The van der Waals surface area contributed by atoms with Gasteiger partial charge in [0.25, 0.3) is 0 Å². The van der Waals surface area contributed by atoms with Crippen LogP contribution in [0.15, 0.2) is 36.4 Å². The van der Waals surface area contributed by atoms with Crippen LogP contribution in [0.25, 0.3) is 0 Å². The van der Waals surface area contributed by atoms with Crippen LogP contribution in [0.1, 0.15) is 0 Å². The number of hydrogen-bond acceptors (Lipinski definition) is 4. The molecule has 0 bridgehead atoms. The average molecular weight is 340 g/mol. The Kier molecular flexibility index (Phi) is 6.02. The van der Waals surface area contributed by atoms with E-state index in [1.807, 2.05) is 0 Å². The molecule has 2 rings (SSSR count). The van der Waals surface area contributed by atoms with Crippen molar-refractivity contribution in [2.24, 2.45) is 0 Å². The summed E-state index contributed by atoms with van der Waals surface area (Å²) in [5.74, 6) is -2.98. The summed E-state index contributed by atoms with van der Waals surface area (Å²) in [5, 5.41) is 13.9. The zero-order chi connectivity index (χ0) is 17.5. The summed E-state index contributed by atoms with van der Waals surface area (Å²) in [6, 6.07) is 6.67. The van der Waals surface area contributed by atoms with E-state index in [0.717, 1.165) is 18.2 Å². The lowest BCUT2D eigenvalue weighted by Crippen LogP contribution is -2.22. The van der Waals surface area contributed by atoms with Gasteiger partial charge >= 0.3 is 0 Å². The van der Waals surface area contributed by atoms with Crippen LogP contribution >= 0.6 is 0 Å². The Balaban J connectivity index is 1.97. The Hall–Kier alpha value is -2.74. The molecule has 5 nitrogen and oxygen atoms in total. The molecule has 0 fully saturated rings. The Labute approximate surface area is 136 Å². The molecule has 1 amide bonds. The summed E-state index contributed by atoms with van der Waals surface area (Å²) >= 11 is 0. The number of aliphatic hydroxyl groups is 1. The lowest BCUT2D eigenvalue weighted by atomic mass is 10.2. The maximum absolute atomic E-state index is 13.2. The van der Waals surface area contributed by atoms with E-state index in [0.29, 0.717) is 5.69 Å². The molecule has 128 valence electrons. The van der Waals surface area contributed by atoms with Crippen LogP contribution < -0.4 is 15.4 Å². The molecule has 0 saturated carbocycles. The molecule has 24 heavy (non-hydrogen) atoms. The van der Waals surface area contributed by atoms with Crippen LogP contribution in [-0.4, -0.2) is 30.8 Å². The third-order valence-corrected chi connectivity index (χ3v) is 2.94. The van der Waals surface area contributed by atoms with Gasteiger partial charge in [-0.15, -0.1) is 0 Å². The number of ether oxygens (including phenoxy) is 1. The highest BCUT2D eigenvalue weighted by Crippen LogP contribution is 2.25. The van der Waals surface area contributed by atoms with E-state index >= 15 is 0 Å². The maximum atomic E-state index is 13.2. The Morgan fingerprint density at radius 1 is 1.08 bits per heavy atom. The summed E-state index contributed by atoms with van der Waals surface area (Å²) < 4.78 is 44.3. The Morgan fingerprint density at radius 3 is 2.58 bits per heavy atom. The first-order chi connectivity index (χ1) is 11.5. The quantitative estimate of drug-likeness (QED) is 0.724. The topological polar surface area (TPSA) is 70.6 Å². The van der Waals surface area contributed by atoms with Crippen molar-refractivity contribution >= 4 is 17.3 Å². The van der Waals surface area contributed by atoms with Crippen molar-refractivity contribution in [2.75, 3.05) is 30.4 Å². The van der Waals surface area contributed by atoms with E-state index in [2.05, 4.69) is 10.6 Å². The van der Waals surface area contributed by atoms with Gasteiger partial charge in [0.05, 0.1) is 18.8 Å². The van der Waals surface area contributed by atoms with Gasteiger partial charge in [0.2, 0.25) is 5.91 Å². The number of carbonyl (C=O) groups is 1. The van der Waals surface area contributed by atoms with Crippen molar-refractivity contribution in [3.63, 3.8) is 0 Å². The third-order valence-electron chi connectivity index (χ3n) is 2.94. The Bertz CT molecular complexity index is 726. The second-order valence-electron chi connectivity index (χ2n) is 4.74. The molecule has 2 aromatic carbocycles. The van der Waals surface area contributed by atoms with Crippen molar-refractivity contribution in [1.29, 1.82) is 0 Å². The standard InChI is InChI=1S/C16H15F3N2O3/c17-10-1-4-14(15(7-10)24-6-5-22)20-9-16(23)21-11-2-3-12(18)13(19)8-11/h1-4,7-8,20,22H,5-6,9H2,(H,21,23). The number of rotatable bonds is 7. The predicted molar refractivity (Wildman–Crippen MR) is 82.5 cm³/mol. The van der Waals surface area contributed by atoms with Gasteiger partial charge in [-0.2, -0.15) is 0 Å². The van der Waals surface area contributed by atoms with E-state index in [1.54, 1.807) is 0 Å². The second-order valence-corrected chi connectivity index (χ2v) is 4.74. The number of hydrogen-bond donors (Lipinski definition) is 3. The number of nitrogens with one attached hydrogen (secondary N) is 2. The van der Waals surface area contributed by atoms with Crippen LogP contribution in [0.3, 0.4) is 0 Å². The van der Waals surface area contributed by atoms with Gasteiger partial charge in [0.1, 0.15) is 18.2 Å². The normalized spacial score (nSPS) is 10.3. The lowest BCUT2D eigenvalue weighted by molar-refractivity contribution is -0.114. The molecule has 0 aliphatic rings. The summed E-state index contributed by atoms with van der Waals surface area (Å²) in [4.78, 5) is 11.8. The first kappa shape index (κ1) is 17.6.